The highest BCUT2D eigenvalue weighted by Gasteiger charge is 2.55. The number of hydrogen-bond donors (Lipinski definition) is 1. The number of nitrogens with zero attached hydrogens (tertiary/aromatic N) is 2. The Bertz CT molecular complexity index is 834. The third-order valence-electron chi connectivity index (χ3n) is 4.43. The summed E-state index contributed by atoms with van der Waals surface area (Å²) in [7, 11) is 0. The molecule has 0 bridgehead atoms. The monoisotopic (exact) mass is 347 g/mol. The first-order valence-corrected chi connectivity index (χ1v) is 8.59. The van der Waals surface area contributed by atoms with Crippen LogP contribution in [0.3, 0.4) is 0 Å². The average Bonchev–Trinajstić information content (AvgIpc) is 3.14. The van der Waals surface area contributed by atoms with E-state index >= 15 is 0 Å². The maximum Gasteiger partial charge on any atom is 0.325 e. The second-order valence-corrected chi connectivity index (χ2v) is 7.29. The van der Waals surface area contributed by atoms with Crippen LogP contribution in [0, 0.1) is 6.92 Å². The van der Waals surface area contributed by atoms with Gasteiger partial charge in [0, 0.05) is 16.1 Å². The number of imide groups is 1. The summed E-state index contributed by atoms with van der Waals surface area (Å²) in [5.41, 5.74) is 1.84. The number of amides is 3. The molecular formula is C16H14ClN3O2S. The first-order valence-electron chi connectivity index (χ1n) is 7.34. The molecule has 2 heterocycles. The molecule has 1 aliphatic carbocycles. The predicted molar refractivity (Wildman–Crippen MR) is 87.4 cm³/mol. The van der Waals surface area contributed by atoms with E-state index in [2.05, 4.69) is 10.3 Å². The van der Waals surface area contributed by atoms with E-state index in [1.54, 1.807) is 6.07 Å². The number of hydrogen-bond acceptors (Lipinski definition) is 4. The van der Waals surface area contributed by atoms with E-state index < -0.39 is 5.54 Å². The molecule has 118 valence electrons. The van der Waals surface area contributed by atoms with E-state index in [0.29, 0.717) is 11.4 Å². The first-order chi connectivity index (χ1) is 11.0. The molecule has 5 nitrogen and oxygen atoms in total. The fraction of sp³-hybridized carbons (Fsp3) is 0.312. The number of rotatable bonds is 2. The Labute approximate surface area is 142 Å². The van der Waals surface area contributed by atoms with Crippen molar-refractivity contribution in [2.75, 3.05) is 0 Å². The summed E-state index contributed by atoms with van der Waals surface area (Å²) in [4.78, 5) is 31.0. The third-order valence-corrected chi connectivity index (χ3v) is 5.62. The molecule has 1 aromatic carbocycles. The lowest BCUT2D eigenvalue weighted by atomic mass is 9.92. The van der Waals surface area contributed by atoms with Crippen LogP contribution in [-0.4, -0.2) is 21.8 Å². The maximum atomic E-state index is 13.0. The minimum atomic E-state index is -0.941. The number of fused-ring (bicyclic) bond motifs is 2. The number of benzene rings is 1. The molecule has 7 heteroatoms. The number of carbonyl (C=O) groups excluding carboxylic acids is 2. The molecule has 0 radical (unpaired) electrons. The molecule has 2 aliphatic rings. The topological polar surface area (TPSA) is 62.3 Å². The number of nitrogens with one attached hydrogen (secondary N) is 1. The summed E-state index contributed by atoms with van der Waals surface area (Å²) in [6, 6.07) is 5.13. The van der Waals surface area contributed by atoms with Gasteiger partial charge in [0.05, 0.1) is 6.54 Å². The Balaban J connectivity index is 1.68. The van der Waals surface area contributed by atoms with Crippen LogP contribution in [0.2, 0.25) is 5.02 Å². The van der Waals surface area contributed by atoms with Crippen LogP contribution in [0.1, 0.15) is 28.2 Å². The summed E-state index contributed by atoms with van der Waals surface area (Å²) < 4.78 is 0. The molecule has 3 amide bonds. The number of aromatic nitrogens is 1. The first kappa shape index (κ1) is 14.7. The molecule has 1 saturated heterocycles. The van der Waals surface area contributed by atoms with Gasteiger partial charge in [-0.3, -0.25) is 9.69 Å². The molecule has 4 rings (SSSR count). The van der Waals surface area contributed by atoms with Crippen LogP contribution >= 0.6 is 22.9 Å². The van der Waals surface area contributed by atoms with Gasteiger partial charge in [-0.15, -0.1) is 11.3 Å². The average molecular weight is 348 g/mol. The number of carbonyl (C=O) groups is 2. The molecule has 1 aliphatic heterocycles. The summed E-state index contributed by atoms with van der Waals surface area (Å²) in [6.45, 7) is 2.11. The van der Waals surface area contributed by atoms with Crippen molar-refractivity contribution in [2.24, 2.45) is 0 Å². The van der Waals surface area contributed by atoms with E-state index in [1.165, 1.54) is 16.2 Å². The second kappa shape index (κ2) is 5.04. The van der Waals surface area contributed by atoms with Gasteiger partial charge < -0.3 is 5.32 Å². The molecular weight excluding hydrogens is 334 g/mol. The normalized spacial score (nSPS) is 22.8. The van der Waals surface area contributed by atoms with Crippen molar-refractivity contribution in [3.63, 3.8) is 0 Å². The smallest absolute Gasteiger partial charge is 0.319 e. The van der Waals surface area contributed by atoms with Crippen molar-refractivity contribution in [1.29, 1.82) is 0 Å². The van der Waals surface area contributed by atoms with Crippen molar-refractivity contribution < 1.29 is 9.59 Å². The van der Waals surface area contributed by atoms with Crippen LogP contribution in [0.25, 0.3) is 0 Å². The molecule has 23 heavy (non-hydrogen) atoms. The molecule has 1 atom stereocenters. The van der Waals surface area contributed by atoms with E-state index in [1.807, 2.05) is 24.4 Å². The Morgan fingerprint density at radius 2 is 2.26 bits per heavy atom. The van der Waals surface area contributed by atoms with Gasteiger partial charge in [0.25, 0.3) is 5.91 Å². The van der Waals surface area contributed by atoms with Gasteiger partial charge in [0.15, 0.2) is 0 Å². The molecule has 0 unspecified atom stereocenters. The summed E-state index contributed by atoms with van der Waals surface area (Å²) >= 11 is 7.49. The Kier molecular flexibility index (Phi) is 3.21. The zero-order valence-corrected chi connectivity index (χ0v) is 14.0. The lowest BCUT2D eigenvalue weighted by molar-refractivity contribution is -0.132. The van der Waals surface area contributed by atoms with E-state index in [9.17, 15) is 9.59 Å². The predicted octanol–water partition coefficient (Wildman–Crippen LogP) is 3.00. The number of aryl methyl sites for hydroxylation is 2. The van der Waals surface area contributed by atoms with Gasteiger partial charge in [0.1, 0.15) is 10.5 Å². The molecule has 1 N–H and O–H groups in total. The van der Waals surface area contributed by atoms with E-state index in [0.717, 1.165) is 28.2 Å². The highest BCUT2D eigenvalue weighted by molar-refractivity contribution is 7.09. The molecule has 0 saturated carbocycles. The van der Waals surface area contributed by atoms with Gasteiger partial charge in [-0.05, 0) is 43.0 Å². The SMILES string of the molecule is Cc1csc(CN2C(=O)N[C@@]3(CCc4cc(Cl)ccc43)C2=O)n1. The third kappa shape index (κ3) is 2.16. The lowest BCUT2D eigenvalue weighted by Gasteiger charge is -2.22. The van der Waals surface area contributed by atoms with Crippen LogP contribution in [0.4, 0.5) is 4.79 Å². The number of halogens is 1. The van der Waals surface area contributed by atoms with Gasteiger partial charge in [-0.2, -0.15) is 0 Å². The van der Waals surface area contributed by atoms with Crippen molar-refractivity contribution in [1.82, 2.24) is 15.2 Å². The minimum absolute atomic E-state index is 0.198. The fourth-order valence-electron chi connectivity index (χ4n) is 3.37. The van der Waals surface area contributed by atoms with E-state index in [4.69, 9.17) is 11.6 Å². The van der Waals surface area contributed by atoms with Crippen LogP contribution in [0.5, 0.6) is 0 Å². The van der Waals surface area contributed by atoms with Gasteiger partial charge in [-0.1, -0.05) is 17.7 Å². The Morgan fingerprint density at radius 1 is 1.43 bits per heavy atom. The fourth-order valence-corrected chi connectivity index (χ4v) is 4.33. The van der Waals surface area contributed by atoms with Crippen molar-refractivity contribution in [2.45, 2.75) is 31.8 Å². The highest BCUT2D eigenvalue weighted by atomic mass is 35.5. The standard InChI is InChI=1S/C16H14ClN3O2S/c1-9-8-23-13(18-9)7-20-14(21)16(19-15(20)22)5-4-10-6-11(17)2-3-12(10)16/h2-3,6,8H,4-5,7H2,1H3,(H,19,22)/t16-/m1/s1. The van der Waals surface area contributed by atoms with Crippen molar-refractivity contribution in [3.05, 3.63) is 50.4 Å². The lowest BCUT2D eigenvalue weighted by Crippen LogP contribution is -2.41. The van der Waals surface area contributed by atoms with Crippen molar-refractivity contribution in [3.8, 4) is 0 Å². The van der Waals surface area contributed by atoms with Crippen LogP contribution in [0.15, 0.2) is 23.6 Å². The van der Waals surface area contributed by atoms with E-state index in [-0.39, 0.29) is 18.5 Å². The maximum absolute atomic E-state index is 13.0. The summed E-state index contributed by atoms with van der Waals surface area (Å²) in [5.74, 6) is -0.198. The zero-order chi connectivity index (χ0) is 16.2. The Morgan fingerprint density at radius 3 is 3.00 bits per heavy atom. The van der Waals surface area contributed by atoms with Gasteiger partial charge in [-0.25, -0.2) is 9.78 Å². The van der Waals surface area contributed by atoms with Gasteiger partial charge >= 0.3 is 6.03 Å². The number of urea groups is 1. The van der Waals surface area contributed by atoms with Crippen LogP contribution < -0.4 is 5.32 Å². The second-order valence-electron chi connectivity index (χ2n) is 5.91. The molecule has 1 fully saturated rings. The summed E-state index contributed by atoms with van der Waals surface area (Å²) in [6.07, 6.45) is 1.30. The van der Waals surface area contributed by atoms with Gasteiger partial charge in [0.2, 0.25) is 0 Å². The highest BCUT2D eigenvalue weighted by Crippen LogP contribution is 2.42. The van der Waals surface area contributed by atoms with Crippen molar-refractivity contribution >= 4 is 34.9 Å². The largest absolute Gasteiger partial charge is 0.325 e. The molecule has 2 aromatic rings. The van der Waals surface area contributed by atoms with Crippen LogP contribution in [-0.2, 0) is 23.3 Å². The zero-order valence-electron chi connectivity index (χ0n) is 12.4. The quantitative estimate of drug-likeness (QED) is 0.849. The number of thiazole rings is 1. The Hall–Kier alpha value is -1.92. The molecule has 1 spiro atoms. The molecule has 1 aromatic heterocycles. The minimum Gasteiger partial charge on any atom is -0.319 e. The summed E-state index contributed by atoms with van der Waals surface area (Å²) in [5, 5.41) is 6.22.